The van der Waals surface area contributed by atoms with Gasteiger partial charge in [0.25, 0.3) is 0 Å². The summed E-state index contributed by atoms with van der Waals surface area (Å²) in [6.07, 6.45) is 1.11. The average molecular weight is 480 g/mol. The van der Waals surface area contributed by atoms with Gasteiger partial charge in [-0.15, -0.1) is 0 Å². The van der Waals surface area contributed by atoms with Crippen molar-refractivity contribution in [1.82, 2.24) is 5.43 Å². The molecule has 0 saturated carbocycles. The summed E-state index contributed by atoms with van der Waals surface area (Å²) in [6, 6.07) is 20.1. The molecule has 0 spiro atoms. The van der Waals surface area contributed by atoms with Crippen LogP contribution in [0.2, 0.25) is 5.02 Å². The Morgan fingerprint density at radius 1 is 0.941 bits per heavy atom. The Balaban J connectivity index is 1.53. The summed E-state index contributed by atoms with van der Waals surface area (Å²) < 4.78 is 11.6. The number of nitrogens with one attached hydrogen (secondary N) is 2. The Kier molecular flexibility index (Phi) is 9.05. The van der Waals surface area contributed by atoms with Crippen LogP contribution in [0.5, 0.6) is 11.5 Å². The van der Waals surface area contributed by atoms with Gasteiger partial charge >= 0.3 is 0 Å². The van der Waals surface area contributed by atoms with Gasteiger partial charge in [-0.05, 0) is 67.4 Å². The number of rotatable bonds is 10. The van der Waals surface area contributed by atoms with Gasteiger partial charge in [0.05, 0.1) is 12.8 Å². The number of carbonyl (C=O) groups excluding carboxylic acids is 2. The van der Waals surface area contributed by atoms with Crippen LogP contribution < -0.4 is 20.2 Å². The van der Waals surface area contributed by atoms with Crippen molar-refractivity contribution >= 4 is 35.3 Å². The van der Waals surface area contributed by atoms with E-state index in [-0.39, 0.29) is 6.42 Å². The van der Waals surface area contributed by atoms with Crippen LogP contribution >= 0.6 is 11.6 Å². The molecule has 7 nitrogen and oxygen atoms in total. The van der Waals surface area contributed by atoms with Gasteiger partial charge in [-0.25, -0.2) is 5.43 Å². The molecule has 0 unspecified atom stereocenters. The quantitative estimate of drug-likeness (QED) is 0.240. The maximum Gasteiger partial charge on any atom is 0.249 e. The van der Waals surface area contributed by atoms with Crippen molar-refractivity contribution in [2.24, 2.45) is 5.10 Å². The molecule has 3 rings (SSSR count). The summed E-state index contributed by atoms with van der Waals surface area (Å²) in [5.74, 6) is 0.198. The molecule has 3 aromatic rings. The standard InChI is InChI=1S/C26H26ClN3O4/c1-3-33-24-14-20(8-13-23(24)34-17-19-6-4-18(2)5-7-19)16-28-30-26(32)15-25(31)29-22-11-9-21(27)10-12-22/h4-14,16H,3,15,17H2,1-2H3,(H,29,31)(H,30,32). The predicted molar refractivity (Wildman–Crippen MR) is 134 cm³/mol. The van der Waals surface area contributed by atoms with Crippen molar-refractivity contribution in [3.8, 4) is 11.5 Å². The van der Waals surface area contributed by atoms with E-state index in [0.717, 1.165) is 5.56 Å². The van der Waals surface area contributed by atoms with E-state index < -0.39 is 11.8 Å². The number of hydrogen-bond donors (Lipinski definition) is 2. The van der Waals surface area contributed by atoms with Crippen LogP contribution in [0.25, 0.3) is 0 Å². The molecule has 0 fully saturated rings. The fourth-order valence-electron chi connectivity index (χ4n) is 2.94. The molecule has 34 heavy (non-hydrogen) atoms. The van der Waals surface area contributed by atoms with Crippen molar-refractivity contribution in [1.29, 1.82) is 0 Å². The molecule has 0 aliphatic heterocycles. The van der Waals surface area contributed by atoms with Crippen LogP contribution in [0.3, 0.4) is 0 Å². The third-order valence-corrected chi connectivity index (χ3v) is 4.89. The molecule has 3 aromatic carbocycles. The van der Waals surface area contributed by atoms with E-state index in [1.54, 1.807) is 42.5 Å². The largest absolute Gasteiger partial charge is 0.490 e. The maximum atomic E-state index is 12.0. The molecule has 8 heteroatoms. The fourth-order valence-corrected chi connectivity index (χ4v) is 3.07. The summed E-state index contributed by atoms with van der Waals surface area (Å²) in [7, 11) is 0. The Hall–Kier alpha value is -3.84. The van der Waals surface area contributed by atoms with Crippen LogP contribution in [-0.4, -0.2) is 24.6 Å². The number of carbonyl (C=O) groups is 2. The van der Waals surface area contributed by atoms with E-state index in [9.17, 15) is 9.59 Å². The van der Waals surface area contributed by atoms with Gasteiger partial charge < -0.3 is 14.8 Å². The number of benzene rings is 3. The van der Waals surface area contributed by atoms with Crippen molar-refractivity contribution in [3.63, 3.8) is 0 Å². The van der Waals surface area contributed by atoms with E-state index in [1.165, 1.54) is 11.8 Å². The molecular weight excluding hydrogens is 454 g/mol. The number of halogens is 1. The number of hydrogen-bond acceptors (Lipinski definition) is 5. The summed E-state index contributed by atoms with van der Waals surface area (Å²) in [5, 5.41) is 7.11. The second-order valence-corrected chi connectivity index (χ2v) is 7.87. The Labute approximate surface area is 203 Å². The van der Waals surface area contributed by atoms with Gasteiger partial charge in [-0.2, -0.15) is 5.10 Å². The summed E-state index contributed by atoms with van der Waals surface area (Å²) >= 11 is 5.81. The van der Waals surface area contributed by atoms with Crippen molar-refractivity contribution in [2.45, 2.75) is 26.9 Å². The van der Waals surface area contributed by atoms with E-state index >= 15 is 0 Å². The van der Waals surface area contributed by atoms with Crippen molar-refractivity contribution < 1.29 is 19.1 Å². The average Bonchev–Trinajstić information content (AvgIpc) is 2.81. The SMILES string of the molecule is CCOc1cc(C=NNC(=O)CC(=O)Nc2ccc(Cl)cc2)ccc1OCc1ccc(C)cc1. The highest BCUT2D eigenvalue weighted by molar-refractivity contribution is 6.30. The van der Waals surface area contributed by atoms with E-state index in [1.807, 2.05) is 38.1 Å². The zero-order valence-electron chi connectivity index (χ0n) is 19.0. The maximum absolute atomic E-state index is 12.0. The first-order valence-corrected chi connectivity index (χ1v) is 11.1. The number of anilines is 1. The van der Waals surface area contributed by atoms with Crippen LogP contribution in [0, 0.1) is 6.92 Å². The topological polar surface area (TPSA) is 89.0 Å². The highest BCUT2D eigenvalue weighted by Crippen LogP contribution is 2.29. The summed E-state index contributed by atoms with van der Waals surface area (Å²) in [5.41, 5.74) is 5.86. The summed E-state index contributed by atoms with van der Waals surface area (Å²) in [6.45, 7) is 4.82. The zero-order chi connectivity index (χ0) is 24.3. The number of nitrogens with zero attached hydrogens (tertiary/aromatic N) is 1. The van der Waals surface area contributed by atoms with Gasteiger partial charge in [0, 0.05) is 10.7 Å². The Morgan fingerprint density at radius 2 is 1.68 bits per heavy atom. The minimum absolute atomic E-state index is 0.365. The first kappa shape index (κ1) is 24.8. The van der Waals surface area contributed by atoms with E-state index in [2.05, 4.69) is 15.8 Å². The molecular formula is C26H26ClN3O4. The molecule has 0 saturated heterocycles. The first-order chi connectivity index (χ1) is 16.4. The smallest absolute Gasteiger partial charge is 0.249 e. The van der Waals surface area contributed by atoms with Crippen LogP contribution in [-0.2, 0) is 16.2 Å². The van der Waals surface area contributed by atoms with Gasteiger partial charge in [-0.1, -0.05) is 41.4 Å². The van der Waals surface area contributed by atoms with E-state index in [0.29, 0.717) is 41.0 Å². The monoisotopic (exact) mass is 479 g/mol. The lowest BCUT2D eigenvalue weighted by Gasteiger charge is -2.12. The predicted octanol–water partition coefficient (Wildman–Crippen LogP) is 5.11. The molecule has 0 aliphatic rings. The molecule has 0 heterocycles. The van der Waals surface area contributed by atoms with Gasteiger partial charge in [0.15, 0.2) is 11.5 Å². The number of ether oxygens (including phenoxy) is 2. The lowest BCUT2D eigenvalue weighted by Crippen LogP contribution is -2.24. The van der Waals surface area contributed by atoms with E-state index in [4.69, 9.17) is 21.1 Å². The van der Waals surface area contributed by atoms with Gasteiger partial charge in [0.1, 0.15) is 13.0 Å². The number of amides is 2. The summed E-state index contributed by atoms with van der Waals surface area (Å²) in [4.78, 5) is 24.0. The fraction of sp³-hybridized carbons (Fsp3) is 0.192. The normalized spacial score (nSPS) is 10.7. The molecule has 176 valence electrons. The van der Waals surface area contributed by atoms with Gasteiger partial charge in [-0.3, -0.25) is 9.59 Å². The van der Waals surface area contributed by atoms with Crippen LogP contribution in [0.4, 0.5) is 5.69 Å². The lowest BCUT2D eigenvalue weighted by molar-refractivity contribution is -0.126. The minimum Gasteiger partial charge on any atom is -0.490 e. The molecule has 0 atom stereocenters. The molecule has 0 radical (unpaired) electrons. The van der Waals surface area contributed by atoms with Crippen molar-refractivity contribution in [2.75, 3.05) is 11.9 Å². The van der Waals surface area contributed by atoms with Crippen LogP contribution in [0.1, 0.15) is 30.0 Å². The third kappa shape index (κ3) is 7.94. The Morgan fingerprint density at radius 3 is 2.38 bits per heavy atom. The number of hydrazone groups is 1. The third-order valence-electron chi connectivity index (χ3n) is 4.63. The van der Waals surface area contributed by atoms with Crippen LogP contribution in [0.15, 0.2) is 71.8 Å². The number of aryl methyl sites for hydroxylation is 1. The second-order valence-electron chi connectivity index (χ2n) is 7.44. The highest BCUT2D eigenvalue weighted by atomic mass is 35.5. The molecule has 2 N–H and O–H groups in total. The minimum atomic E-state index is -0.536. The molecule has 0 aliphatic carbocycles. The second kappa shape index (κ2) is 12.4. The zero-order valence-corrected chi connectivity index (χ0v) is 19.8. The molecule has 2 amide bonds. The lowest BCUT2D eigenvalue weighted by atomic mass is 10.2. The highest BCUT2D eigenvalue weighted by Gasteiger charge is 2.10. The van der Waals surface area contributed by atoms with Gasteiger partial charge in [0.2, 0.25) is 11.8 Å². The molecule has 0 bridgehead atoms. The molecule has 0 aromatic heterocycles. The van der Waals surface area contributed by atoms with Crippen molar-refractivity contribution in [3.05, 3.63) is 88.4 Å². The Bertz CT molecular complexity index is 1150. The first-order valence-electron chi connectivity index (χ1n) is 10.8.